The number of primary amides is 1. The third kappa shape index (κ3) is 4.57. The van der Waals surface area contributed by atoms with E-state index in [9.17, 15) is 9.59 Å². The van der Waals surface area contributed by atoms with Gasteiger partial charge in [0.25, 0.3) is 11.8 Å². The smallest absolute Gasteiger partial charge is 0.262 e. The summed E-state index contributed by atoms with van der Waals surface area (Å²) in [4.78, 5) is 23.3. The molecule has 0 unspecified atom stereocenters. The molecular weight excluding hydrogens is 292 g/mol. The predicted molar refractivity (Wildman–Crippen MR) is 89.6 cm³/mol. The topological polar surface area (TPSA) is 81.4 Å². The lowest BCUT2D eigenvalue weighted by atomic mass is 10.0. The number of nitrogens with one attached hydrogen (secondary N) is 1. The number of para-hydroxylation sites is 1. The van der Waals surface area contributed by atoms with Gasteiger partial charge in [0.1, 0.15) is 5.75 Å². The molecule has 0 fully saturated rings. The van der Waals surface area contributed by atoms with Gasteiger partial charge < -0.3 is 15.8 Å². The average Bonchev–Trinajstić information content (AvgIpc) is 2.53. The minimum Gasteiger partial charge on any atom is -0.483 e. The molecule has 0 aliphatic carbocycles. The van der Waals surface area contributed by atoms with Crippen molar-refractivity contribution in [3.8, 4) is 5.75 Å². The minimum atomic E-state index is -0.592. The predicted octanol–water partition coefficient (Wildman–Crippen LogP) is 2.93. The molecule has 0 aliphatic heterocycles. The molecule has 5 nitrogen and oxygen atoms in total. The molecule has 3 N–H and O–H groups in total. The van der Waals surface area contributed by atoms with Crippen molar-refractivity contribution in [1.29, 1.82) is 0 Å². The van der Waals surface area contributed by atoms with Gasteiger partial charge in [0.15, 0.2) is 6.61 Å². The summed E-state index contributed by atoms with van der Waals surface area (Å²) in [6.07, 6.45) is 0. The highest BCUT2D eigenvalue weighted by Crippen LogP contribution is 2.19. The van der Waals surface area contributed by atoms with Gasteiger partial charge in [0, 0.05) is 5.69 Å². The standard InChI is InChI=1S/C18H20N2O3/c1-12(2)13-6-5-7-14(10-13)20-17(21)11-23-16-9-4-3-8-15(16)18(19)22/h3-10,12H,11H2,1-2H3,(H2,19,22)(H,20,21). The van der Waals surface area contributed by atoms with E-state index in [2.05, 4.69) is 19.2 Å². The summed E-state index contributed by atoms with van der Waals surface area (Å²) < 4.78 is 5.40. The number of nitrogens with two attached hydrogens (primary N) is 1. The monoisotopic (exact) mass is 312 g/mol. The molecule has 0 heterocycles. The maximum Gasteiger partial charge on any atom is 0.262 e. The number of carbonyl (C=O) groups excluding carboxylic acids is 2. The van der Waals surface area contributed by atoms with Crippen LogP contribution in [0.15, 0.2) is 48.5 Å². The fourth-order valence-electron chi connectivity index (χ4n) is 2.11. The SMILES string of the molecule is CC(C)c1cccc(NC(=O)COc2ccccc2C(N)=O)c1. The highest BCUT2D eigenvalue weighted by Gasteiger charge is 2.10. The summed E-state index contributed by atoms with van der Waals surface area (Å²) in [6, 6.07) is 14.2. The van der Waals surface area contributed by atoms with E-state index in [1.165, 1.54) is 0 Å². The summed E-state index contributed by atoms with van der Waals surface area (Å²) >= 11 is 0. The second kappa shape index (κ2) is 7.45. The van der Waals surface area contributed by atoms with Crippen LogP contribution >= 0.6 is 0 Å². The molecule has 0 atom stereocenters. The summed E-state index contributed by atoms with van der Waals surface area (Å²) in [5, 5.41) is 2.78. The van der Waals surface area contributed by atoms with Crippen molar-refractivity contribution in [2.75, 3.05) is 11.9 Å². The number of hydrogen-bond acceptors (Lipinski definition) is 3. The Labute approximate surface area is 135 Å². The van der Waals surface area contributed by atoms with Crippen LogP contribution in [0, 0.1) is 0 Å². The third-order valence-electron chi connectivity index (χ3n) is 3.35. The lowest BCUT2D eigenvalue weighted by Crippen LogP contribution is -2.21. The summed E-state index contributed by atoms with van der Waals surface area (Å²) in [7, 11) is 0. The van der Waals surface area contributed by atoms with Gasteiger partial charge in [-0.05, 0) is 35.7 Å². The first-order chi connectivity index (χ1) is 11.0. The molecule has 2 rings (SSSR count). The van der Waals surface area contributed by atoms with Crippen LogP contribution in [0.1, 0.15) is 35.7 Å². The maximum atomic E-state index is 12.0. The molecule has 0 aromatic heterocycles. The Balaban J connectivity index is 1.98. The molecule has 2 aromatic rings. The van der Waals surface area contributed by atoms with Crippen LogP contribution in [-0.4, -0.2) is 18.4 Å². The van der Waals surface area contributed by atoms with Crippen LogP contribution in [0.4, 0.5) is 5.69 Å². The van der Waals surface area contributed by atoms with Crippen LogP contribution in [0.2, 0.25) is 0 Å². The first kappa shape index (κ1) is 16.5. The zero-order valence-corrected chi connectivity index (χ0v) is 13.2. The second-order valence-corrected chi connectivity index (χ2v) is 5.48. The first-order valence-corrected chi connectivity index (χ1v) is 7.39. The Morgan fingerprint density at radius 1 is 1.13 bits per heavy atom. The van der Waals surface area contributed by atoms with Crippen molar-refractivity contribution >= 4 is 17.5 Å². The first-order valence-electron chi connectivity index (χ1n) is 7.39. The molecule has 0 radical (unpaired) electrons. The Kier molecular flexibility index (Phi) is 5.36. The van der Waals surface area contributed by atoms with Gasteiger partial charge in [-0.25, -0.2) is 0 Å². The van der Waals surface area contributed by atoms with Gasteiger partial charge in [-0.15, -0.1) is 0 Å². The largest absolute Gasteiger partial charge is 0.483 e. The van der Waals surface area contributed by atoms with E-state index in [0.717, 1.165) is 5.56 Å². The lowest BCUT2D eigenvalue weighted by molar-refractivity contribution is -0.118. The zero-order valence-electron chi connectivity index (χ0n) is 13.2. The Hall–Kier alpha value is -2.82. The van der Waals surface area contributed by atoms with E-state index >= 15 is 0 Å². The van der Waals surface area contributed by atoms with Gasteiger partial charge in [-0.2, -0.15) is 0 Å². The van der Waals surface area contributed by atoms with Crippen LogP contribution in [0.25, 0.3) is 0 Å². The van der Waals surface area contributed by atoms with Crippen molar-refractivity contribution < 1.29 is 14.3 Å². The maximum absolute atomic E-state index is 12.0. The van der Waals surface area contributed by atoms with Gasteiger partial charge in [-0.3, -0.25) is 9.59 Å². The Morgan fingerprint density at radius 2 is 1.87 bits per heavy atom. The molecule has 0 aliphatic rings. The highest BCUT2D eigenvalue weighted by molar-refractivity contribution is 5.96. The molecule has 2 aromatic carbocycles. The molecule has 5 heteroatoms. The third-order valence-corrected chi connectivity index (χ3v) is 3.35. The molecular formula is C18H20N2O3. The fraction of sp³-hybridized carbons (Fsp3) is 0.222. The van der Waals surface area contributed by atoms with Gasteiger partial charge in [0.05, 0.1) is 5.56 Å². The van der Waals surface area contributed by atoms with Crippen molar-refractivity contribution in [2.24, 2.45) is 5.73 Å². The van der Waals surface area contributed by atoms with Crippen LogP contribution in [0.5, 0.6) is 5.75 Å². The Morgan fingerprint density at radius 3 is 2.57 bits per heavy atom. The van der Waals surface area contributed by atoms with E-state index in [-0.39, 0.29) is 18.1 Å². The molecule has 120 valence electrons. The van der Waals surface area contributed by atoms with Crippen LogP contribution in [-0.2, 0) is 4.79 Å². The summed E-state index contributed by atoms with van der Waals surface area (Å²) in [6.45, 7) is 3.98. The highest BCUT2D eigenvalue weighted by atomic mass is 16.5. The molecule has 0 saturated carbocycles. The van der Waals surface area contributed by atoms with E-state index < -0.39 is 5.91 Å². The van der Waals surface area contributed by atoms with E-state index in [0.29, 0.717) is 17.4 Å². The van der Waals surface area contributed by atoms with Gasteiger partial charge in [-0.1, -0.05) is 38.1 Å². The number of anilines is 1. The molecule has 2 amide bonds. The number of benzene rings is 2. The van der Waals surface area contributed by atoms with Crippen molar-refractivity contribution in [2.45, 2.75) is 19.8 Å². The normalized spacial score (nSPS) is 10.4. The lowest BCUT2D eigenvalue weighted by Gasteiger charge is -2.11. The van der Waals surface area contributed by atoms with E-state index in [1.54, 1.807) is 24.3 Å². The number of carbonyl (C=O) groups is 2. The van der Waals surface area contributed by atoms with E-state index in [4.69, 9.17) is 10.5 Å². The number of ether oxygens (including phenoxy) is 1. The van der Waals surface area contributed by atoms with Crippen LogP contribution in [0.3, 0.4) is 0 Å². The minimum absolute atomic E-state index is 0.198. The number of amides is 2. The number of rotatable bonds is 6. The molecule has 0 saturated heterocycles. The van der Waals surface area contributed by atoms with Crippen molar-refractivity contribution in [1.82, 2.24) is 0 Å². The van der Waals surface area contributed by atoms with Gasteiger partial charge >= 0.3 is 0 Å². The Bertz CT molecular complexity index is 711. The number of hydrogen-bond donors (Lipinski definition) is 2. The van der Waals surface area contributed by atoms with Crippen LogP contribution < -0.4 is 15.8 Å². The van der Waals surface area contributed by atoms with Crippen molar-refractivity contribution in [3.63, 3.8) is 0 Å². The van der Waals surface area contributed by atoms with Gasteiger partial charge in [0.2, 0.25) is 0 Å². The quantitative estimate of drug-likeness (QED) is 0.860. The summed E-state index contributed by atoms with van der Waals surface area (Å²) in [5.41, 5.74) is 7.38. The molecule has 23 heavy (non-hydrogen) atoms. The molecule has 0 spiro atoms. The molecule has 0 bridgehead atoms. The summed E-state index contributed by atoms with van der Waals surface area (Å²) in [5.74, 6) is -0.215. The average molecular weight is 312 g/mol. The van der Waals surface area contributed by atoms with E-state index in [1.807, 2.05) is 24.3 Å². The fourth-order valence-corrected chi connectivity index (χ4v) is 2.11. The second-order valence-electron chi connectivity index (χ2n) is 5.48. The van der Waals surface area contributed by atoms with Crippen molar-refractivity contribution in [3.05, 3.63) is 59.7 Å². The zero-order chi connectivity index (χ0) is 16.8.